The molecular formula is C15H25N5O2. The molecule has 7 nitrogen and oxygen atoms in total. The van der Waals surface area contributed by atoms with Crippen LogP contribution in [0, 0.1) is 5.92 Å². The number of rotatable bonds is 5. The molecule has 122 valence electrons. The fourth-order valence-corrected chi connectivity index (χ4v) is 3.23. The molecular weight excluding hydrogens is 282 g/mol. The molecule has 2 aliphatic rings. The standard InChI is InChI=1S/C15H25N5O2/c1-19-11-12(8-18-19)13-9-16-10-14(13)15(21)17-2-3-20-4-6-22-7-5-20/h8,11,13-14,16H,2-7,9-10H2,1H3,(H,17,21)/t13-,14+/m1/s1. The van der Waals surface area contributed by atoms with E-state index in [-0.39, 0.29) is 17.7 Å². The van der Waals surface area contributed by atoms with Crippen LogP contribution in [0.4, 0.5) is 0 Å². The van der Waals surface area contributed by atoms with Crippen molar-refractivity contribution in [2.75, 3.05) is 52.5 Å². The van der Waals surface area contributed by atoms with Crippen molar-refractivity contribution in [1.29, 1.82) is 0 Å². The fourth-order valence-electron chi connectivity index (χ4n) is 3.23. The molecule has 0 radical (unpaired) electrons. The van der Waals surface area contributed by atoms with Gasteiger partial charge in [-0.15, -0.1) is 0 Å². The van der Waals surface area contributed by atoms with Gasteiger partial charge in [-0.25, -0.2) is 0 Å². The molecule has 0 aromatic carbocycles. The summed E-state index contributed by atoms with van der Waals surface area (Å²) in [6.07, 6.45) is 3.87. The van der Waals surface area contributed by atoms with Gasteiger partial charge in [0.15, 0.2) is 0 Å². The van der Waals surface area contributed by atoms with Crippen LogP contribution in [-0.4, -0.2) is 73.1 Å². The molecule has 0 saturated carbocycles. The van der Waals surface area contributed by atoms with Gasteiger partial charge in [0, 0.05) is 58.4 Å². The first-order valence-electron chi connectivity index (χ1n) is 8.01. The molecule has 22 heavy (non-hydrogen) atoms. The Bertz CT molecular complexity index is 498. The molecule has 2 fully saturated rings. The maximum absolute atomic E-state index is 12.5. The molecule has 7 heteroatoms. The third-order valence-electron chi connectivity index (χ3n) is 4.53. The van der Waals surface area contributed by atoms with Crippen molar-refractivity contribution in [3.05, 3.63) is 18.0 Å². The smallest absolute Gasteiger partial charge is 0.225 e. The Morgan fingerprint density at radius 1 is 1.45 bits per heavy atom. The lowest BCUT2D eigenvalue weighted by Gasteiger charge is -2.27. The lowest BCUT2D eigenvalue weighted by atomic mass is 9.90. The van der Waals surface area contributed by atoms with Crippen LogP contribution >= 0.6 is 0 Å². The Kier molecular flexibility index (Phi) is 5.07. The lowest BCUT2D eigenvalue weighted by Crippen LogP contribution is -2.43. The number of ether oxygens (including phenoxy) is 1. The Morgan fingerprint density at radius 2 is 2.27 bits per heavy atom. The molecule has 0 bridgehead atoms. The number of hydrogen-bond acceptors (Lipinski definition) is 5. The van der Waals surface area contributed by atoms with Crippen molar-refractivity contribution < 1.29 is 9.53 Å². The minimum absolute atomic E-state index is 0.00566. The normalized spacial score (nSPS) is 26.2. The molecule has 3 rings (SSSR count). The van der Waals surface area contributed by atoms with Crippen molar-refractivity contribution in [3.8, 4) is 0 Å². The Balaban J connectivity index is 1.48. The average Bonchev–Trinajstić information content (AvgIpc) is 3.16. The van der Waals surface area contributed by atoms with E-state index in [4.69, 9.17) is 4.74 Å². The maximum atomic E-state index is 12.5. The van der Waals surface area contributed by atoms with Crippen LogP contribution in [0.2, 0.25) is 0 Å². The molecule has 2 saturated heterocycles. The number of carbonyl (C=O) groups excluding carboxylic acids is 1. The summed E-state index contributed by atoms with van der Waals surface area (Å²) in [5.74, 6) is 0.359. The topological polar surface area (TPSA) is 71.4 Å². The fraction of sp³-hybridized carbons (Fsp3) is 0.733. The first-order valence-corrected chi connectivity index (χ1v) is 8.01. The number of morpholine rings is 1. The van der Waals surface area contributed by atoms with E-state index in [0.717, 1.165) is 51.5 Å². The summed E-state index contributed by atoms with van der Waals surface area (Å²) in [6.45, 7) is 6.68. The molecule has 2 N–H and O–H groups in total. The molecule has 0 unspecified atom stereocenters. The summed E-state index contributed by atoms with van der Waals surface area (Å²) in [7, 11) is 1.91. The van der Waals surface area contributed by atoms with Crippen LogP contribution < -0.4 is 10.6 Å². The van der Waals surface area contributed by atoms with Gasteiger partial charge in [0.2, 0.25) is 5.91 Å². The van der Waals surface area contributed by atoms with E-state index in [2.05, 4.69) is 20.6 Å². The third kappa shape index (κ3) is 3.66. The van der Waals surface area contributed by atoms with Gasteiger partial charge in [-0.1, -0.05) is 0 Å². The second kappa shape index (κ2) is 7.21. The summed E-state index contributed by atoms with van der Waals surface area (Å²) in [5.41, 5.74) is 1.14. The van der Waals surface area contributed by atoms with E-state index < -0.39 is 0 Å². The number of nitrogens with one attached hydrogen (secondary N) is 2. The van der Waals surface area contributed by atoms with Crippen molar-refractivity contribution in [2.45, 2.75) is 5.92 Å². The predicted molar refractivity (Wildman–Crippen MR) is 82.6 cm³/mol. The number of aromatic nitrogens is 2. The summed E-state index contributed by atoms with van der Waals surface area (Å²) < 4.78 is 7.12. The first-order chi connectivity index (χ1) is 10.7. The van der Waals surface area contributed by atoms with E-state index in [0.29, 0.717) is 6.54 Å². The average molecular weight is 307 g/mol. The summed E-state index contributed by atoms with van der Waals surface area (Å²) in [5, 5.41) is 10.6. The summed E-state index contributed by atoms with van der Waals surface area (Å²) >= 11 is 0. The predicted octanol–water partition coefficient (Wildman–Crippen LogP) is -0.828. The molecule has 0 spiro atoms. The van der Waals surface area contributed by atoms with Gasteiger partial charge in [-0.3, -0.25) is 14.4 Å². The zero-order chi connectivity index (χ0) is 15.4. The lowest BCUT2D eigenvalue weighted by molar-refractivity contribution is -0.124. The molecule has 3 heterocycles. The van der Waals surface area contributed by atoms with E-state index in [1.807, 2.05) is 19.4 Å². The van der Waals surface area contributed by atoms with Crippen LogP contribution in [0.5, 0.6) is 0 Å². The molecule has 0 aliphatic carbocycles. The SMILES string of the molecule is Cn1cc([C@H]2CNC[C@@H]2C(=O)NCCN2CCOCC2)cn1. The van der Waals surface area contributed by atoms with Crippen molar-refractivity contribution in [2.24, 2.45) is 13.0 Å². The van der Waals surface area contributed by atoms with Gasteiger partial charge in [-0.2, -0.15) is 5.10 Å². The minimum atomic E-state index is -0.00566. The Morgan fingerprint density at radius 3 is 3.00 bits per heavy atom. The number of carbonyl (C=O) groups is 1. The van der Waals surface area contributed by atoms with Gasteiger partial charge in [0.1, 0.15) is 0 Å². The highest BCUT2D eigenvalue weighted by Crippen LogP contribution is 2.27. The van der Waals surface area contributed by atoms with E-state index in [1.54, 1.807) is 4.68 Å². The minimum Gasteiger partial charge on any atom is -0.379 e. The highest BCUT2D eigenvalue weighted by atomic mass is 16.5. The quantitative estimate of drug-likeness (QED) is 0.743. The molecule has 1 amide bonds. The number of aryl methyl sites for hydroxylation is 1. The zero-order valence-corrected chi connectivity index (χ0v) is 13.1. The van der Waals surface area contributed by atoms with Gasteiger partial charge in [0.05, 0.1) is 25.3 Å². The van der Waals surface area contributed by atoms with Crippen LogP contribution in [0.1, 0.15) is 11.5 Å². The van der Waals surface area contributed by atoms with Crippen molar-refractivity contribution >= 4 is 5.91 Å². The van der Waals surface area contributed by atoms with Crippen LogP contribution in [0.25, 0.3) is 0 Å². The van der Waals surface area contributed by atoms with Gasteiger partial charge in [0.25, 0.3) is 0 Å². The monoisotopic (exact) mass is 307 g/mol. The molecule has 2 atom stereocenters. The molecule has 1 aromatic rings. The second-order valence-corrected chi connectivity index (χ2v) is 6.06. The Hall–Kier alpha value is -1.44. The zero-order valence-electron chi connectivity index (χ0n) is 13.1. The van der Waals surface area contributed by atoms with E-state index in [1.165, 1.54) is 0 Å². The van der Waals surface area contributed by atoms with Crippen LogP contribution in [0.3, 0.4) is 0 Å². The maximum Gasteiger partial charge on any atom is 0.225 e. The van der Waals surface area contributed by atoms with Crippen LogP contribution in [0.15, 0.2) is 12.4 Å². The van der Waals surface area contributed by atoms with Gasteiger partial charge < -0.3 is 15.4 Å². The largest absolute Gasteiger partial charge is 0.379 e. The van der Waals surface area contributed by atoms with Crippen molar-refractivity contribution in [3.63, 3.8) is 0 Å². The summed E-state index contributed by atoms with van der Waals surface area (Å²) in [4.78, 5) is 14.8. The third-order valence-corrected chi connectivity index (χ3v) is 4.53. The number of nitrogens with zero attached hydrogens (tertiary/aromatic N) is 3. The number of amides is 1. The van der Waals surface area contributed by atoms with Crippen molar-refractivity contribution in [1.82, 2.24) is 25.3 Å². The van der Waals surface area contributed by atoms with E-state index >= 15 is 0 Å². The Labute approximate surface area is 131 Å². The summed E-state index contributed by atoms with van der Waals surface area (Å²) in [6, 6.07) is 0. The highest BCUT2D eigenvalue weighted by molar-refractivity contribution is 5.80. The molecule has 1 aromatic heterocycles. The van der Waals surface area contributed by atoms with Gasteiger partial charge in [-0.05, 0) is 5.56 Å². The van der Waals surface area contributed by atoms with Crippen LogP contribution in [-0.2, 0) is 16.6 Å². The second-order valence-electron chi connectivity index (χ2n) is 6.06. The van der Waals surface area contributed by atoms with Gasteiger partial charge >= 0.3 is 0 Å². The first kappa shape index (κ1) is 15.5. The van der Waals surface area contributed by atoms with E-state index in [9.17, 15) is 4.79 Å². The molecule has 2 aliphatic heterocycles. The number of hydrogen-bond donors (Lipinski definition) is 2. The highest BCUT2D eigenvalue weighted by Gasteiger charge is 2.34.